The summed E-state index contributed by atoms with van der Waals surface area (Å²) in [5.74, 6) is 0.748. The van der Waals surface area contributed by atoms with Gasteiger partial charge in [-0.2, -0.15) is 0 Å². The van der Waals surface area contributed by atoms with Gasteiger partial charge in [-0.15, -0.1) is 0 Å². The third-order valence-corrected chi connectivity index (χ3v) is 6.37. The van der Waals surface area contributed by atoms with Crippen LogP contribution in [0.15, 0.2) is 0 Å². The number of amides is 2. The van der Waals surface area contributed by atoms with Crippen LogP contribution in [0.5, 0.6) is 0 Å². The molecule has 0 spiro atoms. The topological polar surface area (TPSA) is 58.2 Å². The molecule has 0 saturated heterocycles. The van der Waals surface area contributed by atoms with Crippen molar-refractivity contribution < 1.29 is 9.59 Å². The second-order valence-corrected chi connectivity index (χ2v) is 8.24. The summed E-state index contributed by atoms with van der Waals surface area (Å²) in [5.41, 5.74) is 0. The summed E-state index contributed by atoms with van der Waals surface area (Å²) in [7, 11) is 0. The smallest absolute Gasteiger partial charge is 0.223 e. The molecule has 3 rings (SSSR count). The van der Waals surface area contributed by atoms with E-state index in [1.165, 1.54) is 38.5 Å². The van der Waals surface area contributed by atoms with Gasteiger partial charge in [-0.05, 0) is 51.4 Å². The molecule has 0 aromatic heterocycles. The third kappa shape index (κ3) is 4.97. The van der Waals surface area contributed by atoms with Gasteiger partial charge in [-0.3, -0.25) is 9.59 Å². The van der Waals surface area contributed by atoms with Crippen molar-refractivity contribution in [1.82, 2.24) is 10.6 Å². The summed E-state index contributed by atoms with van der Waals surface area (Å²) in [6.07, 6.45) is 15.7. The Morgan fingerprint density at radius 1 is 0.500 bits per heavy atom. The van der Waals surface area contributed by atoms with Crippen LogP contribution in [0.3, 0.4) is 0 Å². The molecule has 0 radical (unpaired) electrons. The standard InChI is InChI=1S/C20H34N2O2/c23-19(21-17-7-3-1-2-4-8-17)15-11-13-16(14-12-15)20(24)22-18-9-5-6-10-18/h15-18H,1-14H2,(H,21,23)(H,22,24). The fraction of sp³-hybridized carbons (Fsp3) is 0.900. The van der Waals surface area contributed by atoms with Gasteiger partial charge in [-0.25, -0.2) is 0 Å². The van der Waals surface area contributed by atoms with Crippen LogP contribution in [0.4, 0.5) is 0 Å². The fourth-order valence-corrected chi connectivity index (χ4v) is 4.75. The number of hydrogen-bond donors (Lipinski definition) is 2. The minimum absolute atomic E-state index is 0.129. The van der Waals surface area contributed by atoms with E-state index >= 15 is 0 Å². The molecule has 0 atom stereocenters. The van der Waals surface area contributed by atoms with Gasteiger partial charge in [0.1, 0.15) is 0 Å². The normalized spacial score (nSPS) is 29.8. The molecule has 0 aromatic carbocycles. The quantitative estimate of drug-likeness (QED) is 0.770. The van der Waals surface area contributed by atoms with Crippen molar-refractivity contribution in [2.75, 3.05) is 0 Å². The summed E-state index contributed by atoms with van der Waals surface area (Å²) in [4.78, 5) is 24.9. The molecule has 0 aromatic rings. The Balaban J connectivity index is 1.39. The third-order valence-electron chi connectivity index (χ3n) is 6.37. The minimum Gasteiger partial charge on any atom is -0.353 e. The number of carbonyl (C=O) groups is 2. The number of carbonyl (C=O) groups excluding carboxylic acids is 2. The maximum Gasteiger partial charge on any atom is 0.223 e. The zero-order valence-electron chi connectivity index (χ0n) is 15.0. The van der Waals surface area contributed by atoms with Crippen LogP contribution in [0.2, 0.25) is 0 Å². The van der Waals surface area contributed by atoms with Crippen molar-refractivity contribution in [3.63, 3.8) is 0 Å². The number of nitrogens with one attached hydrogen (secondary N) is 2. The highest BCUT2D eigenvalue weighted by atomic mass is 16.2. The Bertz CT molecular complexity index is 415. The van der Waals surface area contributed by atoms with Crippen LogP contribution in [-0.4, -0.2) is 23.9 Å². The van der Waals surface area contributed by atoms with Crippen LogP contribution >= 0.6 is 0 Å². The van der Waals surface area contributed by atoms with Gasteiger partial charge in [0.2, 0.25) is 11.8 Å². The van der Waals surface area contributed by atoms with Gasteiger partial charge in [0.05, 0.1) is 0 Å². The molecule has 4 heteroatoms. The minimum atomic E-state index is 0.129. The van der Waals surface area contributed by atoms with Crippen molar-refractivity contribution in [2.24, 2.45) is 11.8 Å². The maximum absolute atomic E-state index is 12.5. The van der Waals surface area contributed by atoms with E-state index in [2.05, 4.69) is 10.6 Å². The molecule has 3 aliphatic rings. The summed E-state index contributed by atoms with van der Waals surface area (Å²) >= 11 is 0. The molecule has 2 amide bonds. The predicted octanol–water partition coefficient (Wildman–Crippen LogP) is 3.69. The van der Waals surface area contributed by atoms with E-state index in [1.807, 2.05) is 0 Å². The first-order valence-corrected chi connectivity index (χ1v) is 10.3. The molecule has 2 N–H and O–H groups in total. The van der Waals surface area contributed by atoms with Crippen molar-refractivity contribution in [1.29, 1.82) is 0 Å². The Morgan fingerprint density at radius 2 is 0.833 bits per heavy atom. The van der Waals surface area contributed by atoms with Crippen molar-refractivity contribution in [3.8, 4) is 0 Å². The molecule has 0 heterocycles. The first kappa shape index (κ1) is 17.8. The molecule has 136 valence electrons. The molecule has 0 bridgehead atoms. The lowest BCUT2D eigenvalue weighted by molar-refractivity contribution is -0.131. The van der Waals surface area contributed by atoms with Crippen LogP contribution in [0.25, 0.3) is 0 Å². The summed E-state index contributed by atoms with van der Waals surface area (Å²) in [6.45, 7) is 0. The van der Waals surface area contributed by atoms with Gasteiger partial charge in [-0.1, -0.05) is 38.5 Å². The van der Waals surface area contributed by atoms with Gasteiger partial charge >= 0.3 is 0 Å². The average molecular weight is 335 g/mol. The zero-order chi connectivity index (χ0) is 16.8. The number of hydrogen-bond acceptors (Lipinski definition) is 2. The van der Waals surface area contributed by atoms with Crippen LogP contribution in [-0.2, 0) is 9.59 Å². The van der Waals surface area contributed by atoms with Crippen molar-refractivity contribution in [2.45, 2.75) is 102 Å². The molecule has 0 aliphatic heterocycles. The molecule has 4 nitrogen and oxygen atoms in total. The van der Waals surface area contributed by atoms with Gasteiger partial charge in [0.25, 0.3) is 0 Å². The van der Waals surface area contributed by atoms with Crippen molar-refractivity contribution >= 4 is 11.8 Å². The van der Waals surface area contributed by atoms with Gasteiger partial charge < -0.3 is 10.6 Å². The second-order valence-electron chi connectivity index (χ2n) is 8.24. The van der Waals surface area contributed by atoms with E-state index in [0.717, 1.165) is 51.4 Å². The molecular weight excluding hydrogens is 300 g/mol. The predicted molar refractivity (Wildman–Crippen MR) is 95.5 cm³/mol. The highest BCUT2D eigenvalue weighted by Gasteiger charge is 2.31. The molecule has 3 fully saturated rings. The molecule has 3 saturated carbocycles. The van der Waals surface area contributed by atoms with Crippen LogP contribution in [0, 0.1) is 11.8 Å². The van der Waals surface area contributed by atoms with E-state index in [-0.39, 0.29) is 23.7 Å². The monoisotopic (exact) mass is 334 g/mol. The highest BCUT2D eigenvalue weighted by molar-refractivity contribution is 5.81. The lowest BCUT2D eigenvalue weighted by Gasteiger charge is -2.29. The molecular formula is C20H34N2O2. The first-order chi connectivity index (χ1) is 11.7. The lowest BCUT2D eigenvalue weighted by Crippen LogP contribution is -2.42. The highest BCUT2D eigenvalue weighted by Crippen LogP contribution is 2.30. The fourth-order valence-electron chi connectivity index (χ4n) is 4.75. The molecule has 3 aliphatic carbocycles. The second kappa shape index (κ2) is 8.87. The van der Waals surface area contributed by atoms with Crippen LogP contribution < -0.4 is 10.6 Å². The van der Waals surface area contributed by atoms with Gasteiger partial charge in [0.15, 0.2) is 0 Å². The van der Waals surface area contributed by atoms with E-state index in [1.54, 1.807) is 0 Å². The molecule has 24 heavy (non-hydrogen) atoms. The van der Waals surface area contributed by atoms with E-state index < -0.39 is 0 Å². The Hall–Kier alpha value is -1.06. The number of rotatable bonds is 4. The van der Waals surface area contributed by atoms with E-state index in [4.69, 9.17) is 0 Å². The average Bonchev–Trinajstić information content (AvgIpc) is 2.97. The first-order valence-electron chi connectivity index (χ1n) is 10.3. The SMILES string of the molecule is O=C(NC1CCCCCC1)C1CCC(C(=O)NC2CCCC2)CC1. The van der Waals surface area contributed by atoms with E-state index in [0.29, 0.717) is 12.1 Å². The summed E-state index contributed by atoms with van der Waals surface area (Å²) < 4.78 is 0. The largest absolute Gasteiger partial charge is 0.353 e. The summed E-state index contributed by atoms with van der Waals surface area (Å²) in [6, 6.07) is 0.803. The van der Waals surface area contributed by atoms with E-state index in [9.17, 15) is 9.59 Å². The van der Waals surface area contributed by atoms with Crippen molar-refractivity contribution in [3.05, 3.63) is 0 Å². The Morgan fingerprint density at radius 3 is 1.21 bits per heavy atom. The Labute approximate surface area is 146 Å². The Kier molecular flexibility index (Phi) is 6.56. The van der Waals surface area contributed by atoms with Crippen LogP contribution in [0.1, 0.15) is 89.9 Å². The van der Waals surface area contributed by atoms with Gasteiger partial charge in [0, 0.05) is 23.9 Å². The lowest BCUT2D eigenvalue weighted by atomic mass is 9.81. The zero-order valence-corrected chi connectivity index (χ0v) is 15.0. The molecule has 0 unspecified atom stereocenters. The summed E-state index contributed by atoms with van der Waals surface area (Å²) in [5, 5.41) is 6.52. The maximum atomic E-state index is 12.5.